The molecule has 0 saturated heterocycles. The molecule has 0 aliphatic heterocycles. The molecule has 0 N–H and O–H groups in total. The molecule has 4 aromatic heterocycles. The van der Waals surface area contributed by atoms with E-state index in [1.165, 1.54) is 19.2 Å². The van der Waals surface area contributed by atoms with E-state index < -0.39 is 0 Å². The molecular formula is C20H16S4. The molecule has 1 aromatic carbocycles. The van der Waals surface area contributed by atoms with Gasteiger partial charge in [-0.25, -0.2) is 0 Å². The predicted octanol–water partition coefficient (Wildman–Crippen LogP) is 8.13. The smallest absolute Gasteiger partial charge is 0.0450 e. The summed E-state index contributed by atoms with van der Waals surface area (Å²) in [5, 5.41) is 8.46. The maximum Gasteiger partial charge on any atom is 0.0450 e. The SMILES string of the molecule is c1cc2sccc2s1.c1ccccc1.c1csc(-c2cccs2)c1. The minimum absolute atomic E-state index is 1.37. The monoisotopic (exact) mass is 384 g/mol. The molecule has 0 unspecified atom stereocenters. The molecule has 0 spiro atoms. The van der Waals surface area contributed by atoms with Gasteiger partial charge in [-0.15, -0.1) is 45.3 Å². The summed E-state index contributed by atoms with van der Waals surface area (Å²) in [4.78, 5) is 2.74. The lowest BCUT2D eigenvalue weighted by molar-refractivity contribution is 1.72. The number of fused-ring (bicyclic) bond motifs is 1. The summed E-state index contributed by atoms with van der Waals surface area (Å²) in [6, 6.07) is 24.8. The lowest BCUT2D eigenvalue weighted by Crippen LogP contribution is -1.55. The van der Waals surface area contributed by atoms with Crippen molar-refractivity contribution in [3.8, 4) is 9.75 Å². The van der Waals surface area contributed by atoms with E-state index in [9.17, 15) is 0 Å². The van der Waals surface area contributed by atoms with Crippen LogP contribution in [-0.4, -0.2) is 0 Å². The number of thiophene rings is 4. The van der Waals surface area contributed by atoms with E-state index in [4.69, 9.17) is 0 Å². The van der Waals surface area contributed by atoms with E-state index >= 15 is 0 Å². The molecule has 0 atom stereocenters. The fourth-order valence-corrected chi connectivity index (χ4v) is 5.32. The summed E-state index contributed by atoms with van der Waals surface area (Å²) < 4.78 is 2.82. The average Bonchev–Trinajstić information content (AvgIpc) is 3.42. The largest absolute Gasteiger partial charge is 0.143 e. The molecule has 0 saturated carbocycles. The van der Waals surface area contributed by atoms with Gasteiger partial charge in [0.25, 0.3) is 0 Å². The van der Waals surface area contributed by atoms with Crippen LogP contribution in [0.3, 0.4) is 0 Å². The number of rotatable bonds is 1. The van der Waals surface area contributed by atoms with Gasteiger partial charge in [0.2, 0.25) is 0 Å². The van der Waals surface area contributed by atoms with E-state index in [-0.39, 0.29) is 0 Å². The van der Waals surface area contributed by atoms with Crippen LogP contribution in [0.1, 0.15) is 0 Å². The third kappa shape index (κ3) is 5.14. The molecule has 5 aromatic rings. The van der Waals surface area contributed by atoms with Crippen molar-refractivity contribution >= 4 is 54.7 Å². The fraction of sp³-hybridized carbons (Fsp3) is 0. The highest BCUT2D eigenvalue weighted by molar-refractivity contribution is 7.25. The standard InChI is InChI=1S/C8H6S2.C6H4S2.C6H6/c1-3-7(9-5-1)8-4-2-6-10-8;1-3-7-6-2-4-8-5(1)6;1-2-4-6-5-3-1/h1-6H;1-4H;1-6H. The summed E-state index contributed by atoms with van der Waals surface area (Å²) >= 11 is 7.19. The zero-order chi connectivity index (χ0) is 16.5. The van der Waals surface area contributed by atoms with Crippen molar-refractivity contribution in [1.82, 2.24) is 0 Å². The second-order valence-corrected chi connectivity index (χ2v) is 8.47. The number of hydrogen-bond acceptors (Lipinski definition) is 4. The van der Waals surface area contributed by atoms with E-state index in [1.807, 2.05) is 36.4 Å². The van der Waals surface area contributed by atoms with Gasteiger partial charge in [0.15, 0.2) is 0 Å². The topological polar surface area (TPSA) is 0 Å². The van der Waals surface area contributed by atoms with Crippen LogP contribution in [0.4, 0.5) is 0 Å². The lowest BCUT2D eigenvalue weighted by atomic mass is 10.4. The van der Waals surface area contributed by atoms with Crippen molar-refractivity contribution < 1.29 is 0 Å². The van der Waals surface area contributed by atoms with Gasteiger partial charge in [-0.1, -0.05) is 48.5 Å². The molecule has 24 heavy (non-hydrogen) atoms. The normalized spacial score (nSPS) is 9.67. The minimum atomic E-state index is 1.37. The van der Waals surface area contributed by atoms with Gasteiger partial charge in [0.1, 0.15) is 0 Å². The summed E-state index contributed by atoms with van der Waals surface area (Å²) in [5.74, 6) is 0. The fourth-order valence-electron chi connectivity index (χ4n) is 1.92. The highest BCUT2D eigenvalue weighted by atomic mass is 32.1. The molecule has 0 radical (unpaired) electrons. The first-order valence-electron chi connectivity index (χ1n) is 7.41. The molecule has 0 amide bonds. The Hall–Kier alpha value is -1.72. The lowest BCUT2D eigenvalue weighted by Gasteiger charge is -1.84. The van der Waals surface area contributed by atoms with Crippen LogP contribution < -0.4 is 0 Å². The van der Waals surface area contributed by atoms with Crippen LogP contribution >= 0.6 is 45.3 Å². The van der Waals surface area contributed by atoms with Crippen molar-refractivity contribution in [3.63, 3.8) is 0 Å². The molecule has 0 bridgehead atoms. The van der Waals surface area contributed by atoms with Gasteiger partial charge < -0.3 is 0 Å². The predicted molar refractivity (Wildman–Crippen MR) is 114 cm³/mol. The van der Waals surface area contributed by atoms with Crippen LogP contribution in [0.5, 0.6) is 0 Å². The van der Waals surface area contributed by atoms with E-state index in [0.717, 1.165) is 0 Å². The van der Waals surface area contributed by atoms with Crippen LogP contribution in [0.15, 0.2) is 94.3 Å². The summed E-state index contributed by atoms with van der Waals surface area (Å²) in [6.07, 6.45) is 0. The van der Waals surface area contributed by atoms with E-state index in [2.05, 4.69) is 57.9 Å². The Bertz CT molecular complexity index is 787. The van der Waals surface area contributed by atoms with Crippen molar-refractivity contribution in [2.24, 2.45) is 0 Å². The maximum atomic E-state index is 2.16. The molecule has 0 nitrogen and oxygen atoms in total. The van der Waals surface area contributed by atoms with Gasteiger partial charge in [-0.05, 0) is 45.8 Å². The Balaban J connectivity index is 0.000000109. The van der Waals surface area contributed by atoms with Crippen LogP contribution in [0.25, 0.3) is 19.2 Å². The zero-order valence-electron chi connectivity index (χ0n) is 12.9. The number of hydrogen-bond donors (Lipinski definition) is 0. The Morgan fingerprint density at radius 3 is 1.12 bits per heavy atom. The molecule has 5 rings (SSSR count). The summed E-state index contributed by atoms with van der Waals surface area (Å²) in [6.45, 7) is 0. The Morgan fingerprint density at radius 2 is 0.792 bits per heavy atom. The molecule has 0 fully saturated rings. The Labute approximate surface area is 158 Å². The second-order valence-electron chi connectivity index (χ2n) is 4.68. The van der Waals surface area contributed by atoms with Crippen LogP contribution in [0.2, 0.25) is 0 Å². The van der Waals surface area contributed by atoms with E-state index in [0.29, 0.717) is 0 Å². The van der Waals surface area contributed by atoms with Crippen molar-refractivity contribution in [2.75, 3.05) is 0 Å². The van der Waals surface area contributed by atoms with Gasteiger partial charge in [-0.3, -0.25) is 0 Å². The van der Waals surface area contributed by atoms with Gasteiger partial charge in [0, 0.05) is 19.2 Å². The quantitative estimate of drug-likeness (QED) is 0.274. The molecular weight excluding hydrogens is 368 g/mol. The average molecular weight is 385 g/mol. The van der Waals surface area contributed by atoms with Crippen molar-refractivity contribution in [3.05, 3.63) is 94.3 Å². The third-order valence-electron chi connectivity index (χ3n) is 3.02. The van der Waals surface area contributed by atoms with Gasteiger partial charge >= 0.3 is 0 Å². The number of benzene rings is 1. The van der Waals surface area contributed by atoms with Crippen LogP contribution in [0, 0.1) is 0 Å². The Morgan fingerprint density at radius 1 is 0.375 bits per heavy atom. The molecule has 120 valence electrons. The first-order valence-corrected chi connectivity index (χ1v) is 10.9. The first kappa shape index (κ1) is 17.1. The van der Waals surface area contributed by atoms with Crippen molar-refractivity contribution in [1.29, 1.82) is 0 Å². The highest BCUT2D eigenvalue weighted by Crippen LogP contribution is 2.28. The third-order valence-corrected chi connectivity index (χ3v) is 6.85. The summed E-state index contributed by atoms with van der Waals surface area (Å²) in [7, 11) is 0. The molecule has 4 heteroatoms. The minimum Gasteiger partial charge on any atom is -0.143 e. The second kappa shape index (κ2) is 9.55. The van der Waals surface area contributed by atoms with Gasteiger partial charge in [-0.2, -0.15) is 0 Å². The van der Waals surface area contributed by atoms with Crippen molar-refractivity contribution in [2.45, 2.75) is 0 Å². The summed E-state index contributed by atoms with van der Waals surface area (Å²) in [5.41, 5.74) is 0. The first-order chi connectivity index (χ1) is 11.9. The van der Waals surface area contributed by atoms with E-state index in [1.54, 1.807) is 45.3 Å². The molecule has 0 aliphatic rings. The Kier molecular flexibility index (Phi) is 6.81. The zero-order valence-corrected chi connectivity index (χ0v) is 16.1. The highest BCUT2D eigenvalue weighted by Gasteiger charge is 1.96. The molecule has 4 heterocycles. The van der Waals surface area contributed by atoms with Crippen LogP contribution in [-0.2, 0) is 0 Å². The molecule has 0 aliphatic carbocycles. The van der Waals surface area contributed by atoms with Gasteiger partial charge in [0.05, 0.1) is 0 Å². The maximum absolute atomic E-state index is 2.16.